The van der Waals surface area contributed by atoms with Gasteiger partial charge in [0.15, 0.2) is 0 Å². The van der Waals surface area contributed by atoms with Crippen LogP contribution in [0.1, 0.15) is 19.8 Å². The highest BCUT2D eigenvalue weighted by atomic mass is 16.6. The zero-order valence-corrected chi connectivity index (χ0v) is 13.9. The summed E-state index contributed by atoms with van der Waals surface area (Å²) in [6, 6.07) is 16.2. The van der Waals surface area contributed by atoms with E-state index >= 15 is 0 Å². The molecule has 2 aromatic carbocycles. The minimum Gasteiger partial charge on any atom is -0.379 e. The Bertz CT molecular complexity index is 965. The Morgan fingerprint density at radius 3 is 2.44 bits per heavy atom. The normalized spacial score (nSPS) is 10.8. The summed E-state index contributed by atoms with van der Waals surface area (Å²) in [4.78, 5) is 24.0. The Kier molecular flexibility index (Phi) is 4.79. The summed E-state index contributed by atoms with van der Waals surface area (Å²) >= 11 is 0. The van der Waals surface area contributed by atoms with Crippen molar-refractivity contribution in [3.63, 3.8) is 0 Å². The molecule has 3 aromatic rings. The molecule has 0 unspecified atom stereocenters. The van der Waals surface area contributed by atoms with Gasteiger partial charge in [-0.05, 0) is 24.6 Å². The van der Waals surface area contributed by atoms with Gasteiger partial charge in [0.05, 0.1) is 10.4 Å². The minimum absolute atomic E-state index is 0.297. The van der Waals surface area contributed by atoms with Gasteiger partial charge in [-0.1, -0.05) is 49.7 Å². The van der Waals surface area contributed by atoms with Crippen molar-refractivity contribution >= 4 is 22.3 Å². The smallest absolute Gasteiger partial charge is 0.357 e. The van der Waals surface area contributed by atoms with Crippen LogP contribution in [0, 0.1) is 10.1 Å². The van der Waals surface area contributed by atoms with E-state index in [-0.39, 0.29) is 0 Å². The molecule has 3 rings (SSSR count). The van der Waals surface area contributed by atoms with Crippen LogP contribution in [0.25, 0.3) is 16.6 Å². The second-order valence-electron chi connectivity index (χ2n) is 5.75. The number of nitro groups is 1. The molecule has 6 nitrogen and oxygen atoms in total. The number of para-hydroxylation sites is 2. The number of aromatic nitrogens is 1. The first-order chi connectivity index (χ1) is 12.1. The molecule has 128 valence electrons. The molecule has 0 radical (unpaired) electrons. The summed E-state index contributed by atoms with van der Waals surface area (Å²) in [5.74, 6) is 0. The summed E-state index contributed by atoms with van der Waals surface area (Å²) in [6.45, 7) is 2.62. The maximum absolute atomic E-state index is 13.0. The average Bonchev–Trinajstić information content (AvgIpc) is 2.62. The van der Waals surface area contributed by atoms with Crippen molar-refractivity contribution in [2.24, 2.45) is 0 Å². The number of nitrogens with one attached hydrogen (secondary N) is 1. The van der Waals surface area contributed by atoms with E-state index in [1.54, 1.807) is 36.4 Å². The van der Waals surface area contributed by atoms with Gasteiger partial charge in [-0.2, -0.15) is 0 Å². The van der Waals surface area contributed by atoms with Crippen LogP contribution in [0.4, 0.5) is 11.4 Å². The highest BCUT2D eigenvalue weighted by Crippen LogP contribution is 2.31. The minimum atomic E-state index is -0.631. The van der Waals surface area contributed by atoms with E-state index in [0.717, 1.165) is 12.8 Å². The Morgan fingerprint density at radius 2 is 1.76 bits per heavy atom. The van der Waals surface area contributed by atoms with E-state index in [4.69, 9.17) is 0 Å². The number of unbranched alkanes of at least 4 members (excludes halogenated alkanes) is 1. The zero-order chi connectivity index (χ0) is 17.8. The van der Waals surface area contributed by atoms with E-state index in [1.807, 2.05) is 25.1 Å². The van der Waals surface area contributed by atoms with Crippen LogP contribution in [0.3, 0.4) is 0 Å². The van der Waals surface area contributed by atoms with Crippen molar-refractivity contribution in [1.29, 1.82) is 0 Å². The standard InChI is InChI=1S/C19H19N3O3/c1-2-3-13-20-17-15-11-7-8-12-16(15)21(14-9-5-4-6-10-14)19(23)18(17)22(24)25/h4-12,20H,2-3,13H2,1H3. The lowest BCUT2D eigenvalue weighted by Crippen LogP contribution is -2.24. The van der Waals surface area contributed by atoms with Crippen molar-refractivity contribution in [2.75, 3.05) is 11.9 Å². The quantitative estimate of drug-likeness (QED) is 0.417. The Hall–Kier alpha value is -3.15. The molecule has 0 spiro atoms. The van der Waals surface area contributed by atoms with Crippen molar-refractivity contribution in [1.82, 2.24) is 4.57 Å². The number of rotatable bonds is 6. The largest absolute Gasteiger partial charge is 0.379 e. The van der Waals surface area contributed by atoms with Crippen molar-refractivity contribution < 1.29 is 4.92 Å². The van der Waals surface area contributed by atoms with Crippen LogP contribution in [-0.4, -0.2) is 16.0 Å². The van der Waals surface area contributed by atoms with Crippen LogP contribution in [0.5, 0.6) is 0 Å². The number of hydrogen-bond donors (Lipinski definition) is 1. The molecule has 1 heterocycles. The molecular formula is C19H19N3O3. The molecule has 0 saturated carbocycles. The SMILES string of the molecule is CCCCNc1c([N+](=O)[O-])c(=O)n(-c2ccccc2)c2ccccc12. The Labute approximate surface area is 144 Å². The number of anilines is 1. The van der Waals surface area contributed by atoms with E-state index in [0.29, 0.717) is 28.8 Å². The second kappa shape index (κ2) is 7.17. The van der Waals surface area contributed by atoms with Crippen molar-refractivity contribution in [3.8, 4) is 5.69 Å². The van der Waals surface area contributed by atoms with Gasteiger partial charge in [0.2, 0.25) is 0 Å². The van der Waals surface area contributed by atoms with Crippen LogP contribution in [0.15, 0.2) is 59.4 Å². The molecule has 0 aliphatic rings. The molecular weight excluding hydrogens is 318 g/mol. The molecule has 1 N–H and O–H groups in total. The Balaban J connectivity index is 2.36. The van der Waals surface area contributed by atoms with E-state index in [9.17, 15) is 14.9 Å². The number of fused-ring (bicyclic) bond motifs is 1. The number of nitrogens with zero attached hydrogens (tertiary/aromatic N) is 2. The summed E-state index contributed by atoms with van der Waals surface area (Å²) in [5.41, 5.74) is 0.494. The lowest BCUT2D eigenvalue weighted by Gasteiger charge is -2.15. The molecule has 1 aromatic heterocycles. The monoisotopic (exact) mass is 337 g/mol. The first kappa shape index (κ1) is 16.7. The summed E-state index contributed by atoms with van der Waals surface area (Å²) in [6.07, 6.45) is 1.83. The fourth-order valence-electron chi connectivity index (χ4n) is 2.90. The molecule has 0 amide bonds. The predicted molar refractivity (Wildman–Crippen MR) is 99.6 cm³/mol. The van der Waals surface area contributed by atoms with E-state index < -0.39 is 16.2 Å². The summed E-state index contributed by atoms with van der Waals surface area (Å²) in [7, 11) is 0. The van der Waals surface area contributed by atoms with Gasteiger partial charge in [-0.15, -0.1) is 0 Å². The van der Waals surface area contributed by atoms with Crippen molar-refractivity contribution in [3.05, 3.63) is 75.1 Å². The van der Waals surface area contributed by atoms with Crippen LogP contribution in [-0.2, 0) is 0 Å². The number of pyridine rings is 1. The van der Waals surface area contributed by atoms with Gasteiger partial charge in [0.1, 0.15) is 5.69 Å². The topological polar surface area (TPSA) is 77.2 Å². The molecule has 0 aliphatic heterocycles. The fraction of sp³-hybridized carbons (Fsp3) is 0.211. The first-order valence-corrected chi connectivity index (χ1v) is 8.26. The zero-order valence-electron chi connectivity index (χ0n) is 13.9. The summed E-state index contributed by atoms with van der Waals surface area (Å²) in [5, 5.41) is 15.4. The molecule has 0 bridgehead atoms. The van der Waals surface area contributed by atoms with E-state index in [1.165, 1.54) is 4.57 Å². The number of hydrogen-bond acceptors (Lipinski definition) is 4. The van der Waals surface area contributed by atoms with Gasteiger partial charge in [0.25, 0.3) is 0 Å². The molecule has 0 atom stereocenters. The maximum Gasteiger partial charge on any atom is 0.357 e. The molecule has 0 saturated heterocycles. The van der Waals surface area contributed by atoms with Crippen LogP contribution in [0.2, 0.25) is 0 Å². The maximum atomic E-state index is 13.0. The predicted octanol–water partition coefficient (Wildman–Crippen LogP) is 4.11. The van der Waals surface area contributed by atoms with Crippen molar-refractivity contribution in [2.45, 2.75) is 19.8 Å². The summed E-state index contributed by atoms with van der Waals surface area (Å²) < 4.78 is 1.40. The molecule has 0 fully saturated rings. The van der Waals surface area contributed by atoms with Gasteiger partial charge in [-0.3, -0.25) is 19.5 Å². The van der Waals surface area contributed by atoms with E-state index in [2.05, 4.69) is 5.32 Å². The lowest BCUT2D eigenvalue weighted by molar-refractivity contribution is -0.385. The highest BCUT2D eigenvalue weighted by Gasteiger charge is 2.26. The first-order valence-electron chi connectivity index (χ1n) is 8.26. The fourth-order valence-corrected chi connectivity index (χ4v) is 2.90. The second-order valence-corrected chi connectivity index (χ2v) is 5.75. The third-order valence-electron chi connectivity index (χ3n) is 4.09. The average molecular weight is 337 g/mol. The van der Waals surface area contributed by atoms with Gasteiger partial charge >= 0.3 is 11.2 Å². The van der Waals surface area contributed by atoms with Gasteiger partial charge in [-0.25, -0.2) is 0 Å². The van der Waals surface area contributed by atoms with Gasteiger partial charge < -0.3 is 5.32 Å². The lowest BCUT2D eigenvalue weighted by atomic mass is 10.1. The third kappa shape index (κ3) is 3.10. The van der Waals surface area contributed by atoms with Crippen LogP contribution < -0.4 is 10.9 Å². The Morgan fingerprint density at radius 1 is 1.08 bits per heavy atom. The molecule has 25 heavy (non-hydrogen) atoms. The molecule has 6 heteroatoms. The van der Waals surface area contributed by atoms with Gasteiger partial charge in [0, 0.05) is 17.6 Å². The highest BCUT2D eigenvalue weighted by molar-refractivity contribution is 5.97. The van der Waals surface area contributed by atoms with Crippen LogP contribution >= 0.6 is 0 Å². The molecule has 0 aliphatic carbocycles. The third-order valence-corrected chi connectivity index (χ3v) is 4.09. The number of benzene rings is 2.